The number of amides is 3. The van der Waals surface area contributed by atoms with Gasteiger partial charge in [0, 0.05) is 20.5 Å². The molecule has 33 heavy (non-hydrogen) atoms. The molecule has 0 saturated carbocycles. The van der Waals surface area contributed by atoms with Gasteiger partial charge in [0.2, 0.25) is 5.91 Å². The molecule has 0 bridgehead atoms. The van der Waals surface area contributed by atoms with Crippen molar-refractivity contribution in [1.82, 2.24) is 4.90 Å². The molecule has 0 radical (unpaired) electrons. The Hall–Kier alpha value is -3.00. The van der Waals surface area contributed by atoms with Crippen LogP contribution >= 0.6 is 35.1 Å². The quantitative estimate of drug-likeness (QED) is 0.397. The molecule has 1 heterocycles. The first-order valence-electron chi connectivity index (χ1n) is 10.0. The number of benzene rings is 3. The molecule has 1 saturated heterocycles. The van der Waals surface area contributed by atoms with Crippen LogP contribution in [-0.2, 0) is 9.59 Å². The summed E-state index contributed by atoms with van der Waals surface area (Å²) in [5.41, 5.74) is 2.35. The second-order valence-electron chi connectivity index (χ2n) is 7.26. The fourth-order valence-corrected chi connectivity index (χ4v) is 4.89. The van der Waals surface area contributed by atoms with Gasteiger partial charge in [-0.05, 0) is 78.4 Å². The van der Waals surface area contributed by atoms with Gasteiger partial charge in [0.25, 0.3) is 11.1 Å². The highest BCUT2D eigenvalue weighted by atomic mass is 35.5. The van der Waals surface area contributed by atoms with E-state index >= 15 is 0 Å². The lowest BCUT2D eigenvalue weighted by molar-refractivity contribution is -0.127. The number of nitrogens with one attached hydrogen (secondary N) is 1. The van der Waals surface area contributed by atoms with E-state index in [9.17, 15) is 14.4 Å². The van der Waals surface area contributed by atoms with Gasteiger partial charge in [-0.25, -0.2) is 0 Å². The van der Waals surface area contributed by atoms with Gasteiger partial charge < -0.3 is 5.32 Å². The minimum Gasteiger partial charge on any atom is -0.324 e. The van der Waals surface area contributed by atoms with E-state index in [4.69, 9.17) is 11.6 Å². The van der Waals surface area contributed by atoms with Crippen molar-refractivity contribution in [3.05, 3.63) is 93.9 Å². The zero-order chi connectivity index (χ0) is 23.4. The molecule has 0 atom stereocenters. The average molecular weight is 495 g/mol. The van der Waals surface area contributed by atoms with Gasteiger partial charge in [0.05, 0.1) is 4.91 Å². The molecule has 0 aliphatic carbocycles. The Morgan fingerprint density at radius 2 is 1.64 bits per heavy atom. The smallest absolute Gasteiger partial charge is 0.294 e. The summed E-state index contributed by atoms with van der Waals surface area (Å²) in [6.07, 6.45) is 1.67. The SMILES string of the molecule is Cc1ccccc1NC(=O)CN1C(=O)S/C(=C\c2ccc(Sc3ccc(Cl)cc3)cc2)C1=O. The van der Waals surface area contributed by atoms with Crippen LogP contribution in [0.4, 0.5) is 10.5 Å². The van der Waals surface area contributed by atoms with E-state index in [0.29, 0.717) is 15.6 Å². The van der Waals surface area contributed by atoms with Crippen molar-refractivity contribution in [2.75, 3.05) is 11.9 Å². The predicted molar refractivity (Wildman–Crippen MR) is 135 cm³/mol. The van der Waals surface area contributed by atoms with Crippen LogP contribution < -0.4 is 5.32 Å². The number of para-hydroxylation sites is 1. The second-order valence-corrected chi connectivity index (χ2v) is 9.83. The Labute approximate surface area is 205 Å². The van der Waals surface area contributed by atoms with Gasteiger partial charge in [-0.15, -0.1) is 0 Å². The first-order chi connectivity index (χ1) is 15.9. The molecule has 1 fully saturated rings. The zero-order valence-electron chi connectivity index (χ0n) is 17.6. The number of nitrogens with zero attached hydrogens (tertiary/aromatic N) is 1. The number of imide groups is 1. The van der Waals surface area contributed by atoms with Gasteiger partial charge in [0.1, 0.15) is 6.54 Å². The summed E-state index contributed by atoms with van der Waals surface area (Å²) >= 11 is 8.36. The number of thioether (sulfide) groups is 1. The fourth-order valence-electron chi connectivity index (χ4n) is 3.10. The lowest BCUT2D eigenvalue weighted by Crippen LogP contribution is -2.36. The highest BCUT2D eigenvalue weighted by Gasteiger charge is 2.36. The number of carbonyl (C=O) groups excluding carboxylic acids is 3. The van der Waals surface area contributed by atoms with Crippen LogP contribution in [0.2, 0.25) is 5.02 Å². The molecule has 0 unspecified atom stereocenters. The van der Waals surface area contributed by atoms with E-state index < -0.39 is 17.1 Å². The maximum Gasteiger partial charge on any atom is 0.294 e. The Bertz CT molecular complexity index is 1240. The highest BCUT2D eigenvalue weighted by molar-refractivity contribution is 8.18. The molecule has 0 aromatic heterocycles. The third kappa shape index (κ3) is 5.87. The lowest BCUT2D eigenvalue weighted by atomic mass is 10.2. The molecule has 3 aromatic rings. The third-order valence-electron chi connectivity index (χ3n) is 4.82. The van der Waals surface area contributed by atoms with E-state index in [2.05, 4.69) is 5.32 Å². The normalized spacial score (nSPS) is 14.7. The molecule has 1 aliphatic rings. The van der Waals surface area contributed by atoms with E-state index in [1.165, 1.54) is 0 Å². The summed E-state index contributed by atoms with van der Waals surface area (Å²) < 4.78 is 0. The molecule has 3 aromatic carbocycles. The Balaban J connectivity index is 1.40. The highest BCUT2D eigenvalue weighted by Crippen LogP contribution is 2.33. The van der Waals surface area contributed by atoms with Crippen LogP contribution in [0.15, 0.2) is 87.5 Å². The molecule has 0 spiro atoms. The Kier molecular flexibility index (Phi) is 7.23. The molecule has 8 heteroatoms. The third-order valence-corrected chi connectivity index (χ3v) is 7.00. The monoisotopic (exact) mass is 494 g/mol. The average Bonchev–Trinajstić information content (AvgIpc) is 3.05. The van der Waals surface area contributed by atoms with Crippen molar-refractivity contribution in [2.45, 2.75) is 16.7 Å². The molecule has 3 amide bonds. The van der Waals surface area contributed by atoms with E-state index in [1.807, 2.05) is 73.7 Å². The number of halogens is 1. The van der Waals surface area contributed by atoms with Crippen LogP contribution in [0, 0.1) is 6.92 Å². The van der Waals surface area contributed by atoms with Gasteiger partial charge in [0.15, 0.2) is 0 Å². The molecule has 1 N–H and O–H groups in total. The van der Waals surface area contributed by atoms with Crippen molar-refractivity contribution < 1.29 is 14.4 Å². The van der Waals surface area contributed by atoms with Crippen molar-refractivity contribution in [1.29, 1.82) is 0 Å². The van der Waals surface area contributed by atoms with Crippen LogP contribution in [0.3, 0.4) is 0 Å². The van der Waals surface area contributed by atoms with E-state index in [0.717, 1.165) is 37.6 Å². The molecule has 166 valence electrons. The van der Waals surface area contributed by atoms with E-state index in [1.54, 1.807) is 23.9 Å². The lowest BCUT2D eigenvalue weighted by Gasteiger charge is -2.13. The van der Waals surface area contributed by atoms with Crippen molar-refractivity contribution in [3.63, 3.8) is 0 Å². The largest absolute Gasteiger partial charge is 0.324 e. The van der Waals surface area contributed by atoms with Crippen LogP contribution in [-0.4, -0.2) is 28.5 Å². The summed E-state index contributed by atoms with van der Waals surface area (Å²) in [5, 5.41) is 2.98. The number of carbonyl (C=O) groups is 3. The summed E-state index contributed by atoms with van der Waals surface area (Å²) in [4.78, 5) is 40.8. The van der Waals surface area contributed by atoms with Gasteiger partial charge >= 0.3 is 0 Å². The second kappa shape index (κ2) is 10.3. The van der Waals surface area contributed by atoms with Crippen LogP contribution in [0.1, 0.15) is 11.1 Å². The fraction of sp³-hybridized carbons (Fsp3) is 0.0800. The zero-order valence-corrected chi connectivity index (χ0v) is 20.0. The van der Waals surface area contributed by atoms with Crippen molar-refractivity contribution in [2.24, 2.45) is 0 Å². The Morgan fingerprint density at radius 3 is 2.30 bits per heavy atom. The molecular formula is C25H19ClN2O3S2. The van der Waals surface area contributed by atoms with Crippen molar-refractivity contribution >= 4 is 63.9 Å². The molecule has 5 nitrogen and oxygen atoms in total. The molecular weight excluding hydrogens is 476 g/mol. The summed E-state index contributed by atoms with van der Waals surface area (Å²) in [6.45, 7) is 1.55. The number of hydrogen-bond acceptors (Lipinski definition) is 5. The summed E-state index contributed by atoms with van der Waals surface area (Å²) in [5.74, 6) is -0.888. The summed E-state index contributed by atoms with van der Waals surface area (Å²) in [7, 11) is 0. The first-order valence-corrected chi connectivity index (χ1v) is 12.0. The maximum atomic E-state index is 12.7. The molecule has 1 aliphatic heterocycles. The predicted octanol–water partition coefficient (Wildman–Crippen LogP) is 6.47. The minimum absolute atomic E-state index is 0.293. The number of rotatable bonds is 6. The van der Waals surface area contributed by atoms with Crippen LogP contribution in [0.25, 0.3) is 6.08 Å². The maximum absolute atomic E-state index is 12.7. The van der Waals surface area contributed by atoms with E-state index in [-0.39, 0.29) is 6.54 Å². The number of aryl methyl sites for hydroxylation is 1. The van der Waals surface area contributed by atoms with Gasteiger partial charge in [-0.2, -0.15) is 0 Å². The summed E-state index contributed by atoms with van der Waals surface area (Å²) in [6, 6.07) is 22.6. The standard InChI is InChI=1S/C25H19ClN2O3S2/c1-16-4-2-3-5-21(16)27-23(29)15-28-24(30)22(33-25(28)31)14-17-6-10-19(11-7-17)32-20-12-8-18(26)9-13-20/h2-14H,15H2,1H3,(H,27,29)/b22-14-. The first kappa shape index (κ1) is 23.2. The topological polar surface area (TPSA) is 66.5 Å². The molecule has 4 rings (SSSR count). The minimum atomic E-state index is -0.468. The van der Waals surface area contributed by atoms with Crippen LogP contribution in [0.5, 0.6) is 0 Å². The Morgan fingerprint density at radius 1 is 1.00 bits per heavy atom. The van der Waals surface area contributed by atoms with Gasteiger partial charge in [-0.3, -0.25) is 19.3 Å². The van der Waals surface area contributed by atoms with Crippen molar-refractivity contribution in [3.8, 4) is 0 Å². The number of hydrogen-bond donors (Lipinski definition) is 1. The van der Waals surface area contributed by atoms with Gasteiger partial charge in [-0.1, -0.05) is 53.7 Å². The number of anilines is 1.